The molecule has 0 bridgehead atoms. The number of nitrogens with two attached hydrogens (primary N) is 1. The molecule has 2 rings (SSSR count). The Balaban J connectivity index is 1.89. The molecule has 0 unspecified atom stereocenters. The molecule has 4 nitrogen and oxygen atoms in total. The zero-order valence-corrected chi connectivity index (χ0v) is 9.54. The SMILES string of the molecule is CN1CCC2(CCN(C(=O)CN)CC2)C1. The maximum Gasteiger partial charge on any atom is 0.236 e. The fourth-order valence-electron chi connectivity index (χ4n) is 2.93. The van der Waals surface area contributed by atoms with Crippen LogP contribution in [0, 0.1) is 5.41 Å². The molecule has 0 radical (unpaired) electrons. The molecule has 0 aromatic heterocycles. The molecule has 4 heteroatoms. The number of amides is 1. The predicted octanol–water partition coefficient (Wildman–Crippen LogP) is -0.111. The lowest BCUT2D eigenvalue weighted by Crippen LogP contribution is -2.46. The minimum Gasteiger partial charge on any atom is -0.342 e. The van der Waals surface area contributed by atoms with E-state index in [1.165, 1.54) is 19.5 Å². The number of hydrogen-bond donors (Lipinski definition) is 1. The van der Waals surface area contributed by atoms with E-state index in [1.54, 1.807) is 0 Å². The van der Waals surface area contributed by atoms with Crippen molar-refractivity contribution < 1.29 is 4.79 Å². The number of piperidine rings is 1. The Morgan fingerprint density at radius 1 is 1.27 bits per heavy atom. The molecule has 0 atom stereocenters. The predicted molar refractivity (Wildman–Crippen MR) is 59.4 cm³/mol. The second-order valence-corrected chi connectivity index (χ2v) is 5.07. The zero-order chi connectivity index (χ0) is 10.9. The highest BCUT2D eigenvalue weighted by Crippen LogP contribution is 2.39. The van der Waals surface area contributed by atoms with Crippen LogP contribution >= 0.6 is 0 Å². The first-order valence-electron chi connectivity index (χ1n) is 5.82. The quantitative estimate of drug-likeness (QED) is 0.658. The molecule has 2 heterocycles. The standard InChI is InChI=1S/C11H21N3O/c1-13-5-2-11(9-13)3-6-14(7-4-11)10(15)8-12/h2-9,12H2,1H3. The van der Waals surface area contributed by atoms with Gasteiger partial charge in [-0.3, -0.25) is 4.79 Å². The van der Waals surface area contributed by atoms with Gasteiger partial charge < -0.3 is 15.5 Å². The molecule has 2 aliphatic heterocycles. The van der Waals surface area contributed by atoms with Crippen molar-refractivity contribution in [2.75, 3.05) is 39.8 Å². The van der Waals surface area contributed by atoms with E-state index >= 15 is 0 Å². The summed E-state index contributed by atoms with van der Waals surface area (Å²) < 4.78 is 0. The Labute approximate surface area is 91.4 Å². The van der Waals surface area contributed by atoms with E-state index in [4.69, 9.17) is 5.73 Å². The van der Waals surface area contributed by atoms with Crippen molar-refractivity contribution in [2.24, 2.45) is 11.1 Å². The van der Waals surface area contributed by atoms with Gasteiger partial charge in [0.05, 0.1) is 6.54 Å². The first-order chi connectivity index (χ1) is 7.15. The highest BCUT2D eigenvalue weighted by Gasteiger charge is 2.39. The van der Waals surface area contributed by atoms with Gasteiger partial charge >= 0.3 is 0 Å². The molecule has 0 saturated carbocycles. The second-order valence-electron chi connectivity index (χ2n) is 5.07. The minimum atomic E-state index is 0.108. The van der Waals surface area contributed by atoms with Crippen LogP contribution in [0.5, 0.6) is 0 Å². The van der Waals surface area contributed by atoms with Gasteiger partial charge in [-0.25, -0.2) is 0 Å². The van der Waals surface area contributed by atoms with Crippen LogP contribution in [0.3, 0.4) is 0 Å². The lowest BCUT2D eigenvalue weighted by molar-refractivity contribution is -0.131. The molecule has 0 aromatic rings. The number of carbonyl (C=O) groups excluding carboxylic acids is 1. The van der Waals surface area contributed by atoms with Crippen molar-refractivity contribution in [1.82, 2.24) is 9.80 Å². The van der Waals surface area contributed by atoms with Crippen LogP contribution in [0.4, 0.5) is 0 Å². The average molecular weight is 211 g/mol. The summed E-state index contributed by atoms with van der Waals surface area (Å²) >= 11 is 0. The zero-order valence-electron chi connectivity index (χ0n) is 9.54. The molecule has 2 N–H and O–H groups in total. The van der Waals surface area contributed by atoms with Gasteiger partial charge in [0.25, 0.3) is 0 Å². The van der Waals surface area contributed by atoms with Gasteiger partial charge in [0.15, 0.2) is 0 Å². The summed E-state index contributed by atoms with van der Waals surface area (Å²) in [6, 6.07) is 0. The maximum atomic E-state index is 11.4. The van der Waals surface area contributed by atoms with Gasteiger partial charge in [-0.15, -0.1) is 0 Å². The maximum absolute atomic E-state index is 11.4. The summed E-state index contributed by atoms with van der Waals surface area (Å²) in [7, 11) is 2.19. The summed E-state index contributed by atoms with van der Waals surface area (Å²) in [6.07, 6.45) is 3.61. The molecule has 15 heavy (non-hydrogen) atoms. The van der Waals surface area contributed by atoms with Crippen LogP contribution in [-0.2, 0) is 4.79 Å². The number of nitrogens with zero attached hydrogens (tertiary/aromatic N) is 2. The fourth-order valence-corrected chi connectivity index (χ4v) is 2.93. The Bertz CT molecular complexity index is 246. The van der Waals surface area contributed by atoms with Gasteiger partial charge in [-0.05, 0) is 38.3 Å². The molecule has 2 saturated heterocycles. The van der Waals surface area contributed by atoms with Crippen molar-refractivity contribution >= 4 is 5.91 Å². The van der Waals surface area contributed by atoms with E-state index in [1.807, 2.05) is 4.90 Å². The normalized spacial score (nSPS) is 26.1. The van der Waals surface area contributed by atoms with Gasteiger partial charge in [-0.1, -0.05) is 0 Å². The summed E-state index contributed by atoms with van der Waals surface area (Å²) in [4.78, 5) is 15.7. The van der Waals surface area contributed by atoms with Crippen molar-refractivity contribution in [1.29, 1.82) is 0 Å². The summed E-state index contributed by atoms with van der Waals surface area (Å²) in [5.74, 6) is 0.108. The van der Waals surface area contributed by atoms with Crippen molar-refractivity contribution in [3.63, 3.8) is 0 Å². The Hall–Kier alpha value is -0.610. The van der Waals surface area contributed by atoms with Gasteiger partial charge in [-0.2, -0.15) is 0 Å². The molecular weight excluding hydrogens is 190 g/mol. The molecular formula is C11H21N3O. The number of hydrogen-bond acceptors (Lipinski definition) is 3. The smallest absolute Gasteiger partial charge is 0.236 e. The van der Waals surface area contributed by atoms with Crippen LogP contribution in [0.1, 0.15) is 19.3 Å². The van der Waals surface area contributed by atoms with Crippen LogP contribution < -0.4 is 5.73 Å². The summed E-state index contributed by atoms with van der Waals surface area (Å²) in [6.45, 7) is 4.39. The third-order valence-corrected chi connectivity index (χ3v) is 3.98. The molecule has 1 spiro atoms. The Morgan fingerprint density at radius 2 is 1.87 bits per heavy atom. The van der Waals surface area contributed by atoms with Crippen LogP contribution in [0.25, 0.3) is 0 Å². The lowest BCUT2D eigenvalue weighted by Gasteiger charge is -2.39. The van der Waals surface area contributed by atoms with E-state index in [-0.39, 0.29) is 12.5 Å². The van der Waals surface area contributed by atoms with Crippen molar-refractivity contribution in [3.05, 3.63) is 0 Å². The summed E-state index contributed by atoms with van der Waals surface area (Å²) in [5.41, 5.74) is 5.87. The first-order valence-corrected chi connectivity index (χ1v) is 5.82. The first kappa shape index (κ1) is 10.9. The third kappa shape index (κ3) is 2.16. The molecule has 2 aliphatic rings. The van der Waals surface area contributed by atoms with E-state index in [2.05, 4.69) is 11.9 Å². The van der Waals surface area contributed by atoms with E-state index in [0.717, 1.165) is 25.9 Å². The largest absolute Gasteiger partial charge is 0.342 e. The van der Waals surface area contributed by atoms with Crippen LogP contribution in [0.15, 0.2) is 0 Å². The highest BCUT2D eigenvalue weighted by molar-refractivity contribution is 5.78. The van der Waals surface area contributed by atoms with Crippen molar-refractivity contribution in [2.45, 2.75) is 19.3 Å². The van der Waals surface area contributed by atoms with Crippen LogP contribution in [-0.4, -0.2) is 55.5 Å². The van der Waals surface area contributed by atoms with Gasteiger partial charge in [0, 0.05) is 19.6 Å². The molecule has 1 amide bonds. The Morgan fingerprint density at radius 3 is 2.33 bits per heavy atom. The topological polar surface area (TPSA) is 49.6 Å². The van der Waals surface area contributed by atoms with Crippen LogP contribution in [0.2, 0.25) is 0 Å². The van der Waals surface area contributed by atoms with E-state index < -0.39 is 0 Å². The molecule has 0 aliphatic carbocycles. The number of carbonyl (C=O) groups is 1. The summed E-state index contributed by atoms with van der Waals surface area (Å²) in [5, 5.41) is 0. The van der Waals surface area contributed by atoms with Gasteiger partial charge in [0.2, 0.25) is 5.91 Å². The molecule has 86 valence electrons. The highest BCUT2D eigenvalue weighted by atomic mass is 16.2. The molecule has 0 aromatic carbocycles. The number of likely N-dealkylation sites (tertiary alicyclic amines) is 2. The minimum absolute atomic E-state index is 0.108. The lowest BCUT2D eigenvalue weighted by atomic mass is 9.78. The average Bonchev–Trinajstić information content (AvgIpc) is 2.60. The number of rotatable bonds is 1. The van der Waals surface area contributed by atoms with Gasteiger partial charge in [0.1, 0.15) is 0 Å². The van der Waals surface area contributed by atoms with E-state index in [0.29, 0.717) is 5.41 Å². The third-order valence-electron chi connectivity index (χ3n) is 3.98. The Kier molecular flexibility index (Phi) is 2.98. The monoisotopic (exact) mass is 211 g/mol. The van der Waals surface area contributed by atoms with Crippen molar-refractivity contribution in [3.8, 4) is 0 Å². The fraction of sp³-hybridized carbons (Fsp3) is 0.909. The second kappa shape index (κ2) is 4.10. The van der Waals surface area contributed by atoms with E-state index in [9.17, 15) is 4.79 Å². The molecule has 2 fully saturated rings.